The number of amides is 1. The predicted molar refractivity (Wildman–Crippen MR) is 113 cm³/mol. The molecule has 0 aliphatic carbocycles. The van der Waals surface area contributed by atoms with Crippen molar-refractivity contribution in [3.05, 3.63) is 76.2 Å². The molecule has 3 aromatic rings. The lowest BCUT2D eigenvalue weighted by Gasteiger charge is -2.39. The van der Waals surface area contributed by atoms with Crippen LogP contribution >= 0.6 is 0 Å². The highest BCUT2D eigenvalue weighted by Gasteiger charge is 2.32. The summed E-state index contributed by atoms with van der Waals surface area (Å²) in [6.45, 7) is 7.52. The van der Waals surface area contributed by atoms with Gasteiger partial charge < -0.3 is 9.88 Å². The van der Waals surface area contributed by atoms with Gasteiger partial charge in [0.2, 0.25) is 0 Å². The lowest BCUT2D eigenvalue weighted by Crippen LogP contribution is -2.48. The topological polar surface area (TPSA) is 72.8 Å². The number of rotatable bonds is 4. The first-order chi connectivity index (χ1) is 14.0. The largest absolute Gasteiger partial charge is 0.342 e. The number of hydrogen-bond donors (Lipinski definition) is 1. The van der Waals surface area contributed by atoms with E-state index in [1.165, 1.54) is 5.56 Å². The van der Waals surface area contributed by atoms with Crippen molar-refractivity contribution in [2.24, 2.45) is 0 Å². The number of aryl methyl sites for hydroxylation is 3. The quantitative estimate of drug-likeness (QED) is 0.726. The fourth-order valence-electron chi connectivity index (χ4n) is 3.91. The Morgan fingerprint density at radius 2 is 1.93 bits per heavy atom. The SMILES string of the molecule is CCc1nc(C)[nH]c1-c1cc(C(=O)N2CC(c3ccc(C#N)cc3)C2)ccc1C. The summed E-state index contributed by atoms with van der Waals surface area (Å²) in [7, 11) is 0. The lowest BCUT2D eigenvalue weighted by atomic mass is 9.90. The first-order valence-electron chi connectivity index (χ1n) is 9.96. The third kappa shape index (κ3) is 3.54. The molecule has 1 amide bonds. The summed E-state index contributed by atoms with van der Waals surface area (Å²) in [5.74, 6) is 1.28. The molecule has 2 heterocycles. The van der Waals surface area contributed by atoms with Crippen molar-refractivity contribution in [2.45, 2.75) is 33.1 Å². The molecule has 0 radical (unpaired) electrons. The van der Waals surface area contributed by atoms with Crippen LogP contribution in [0.5, 0.6) is 0 Å². The number of H-pyrrole nitrogens is 1. The molecule has 5 heteroatoms. The minimum absolute atomic E-state index is 0.0606. The van der Waals surface area contributed by atoms with Crippen molar-refractivity contribution in [2.75, 3.05) is 13.1 Å². The first-order valence-corrected chi connectivity index (χ1v) is 9.96. The molecule has 1 aromatic heterocycles. The average molecular weight is 384 g/mol. The number of carbonyl (C=O) groups is 1. The second-order valence-electron chi connectivity index (χ2n) is 7.67. The van der Waals surface area contributed by atoms with E-state index < -0.39 is 0 Å². The van der Waals surface area contributed by atoms with E-state index in [0.29, 0.717) is 30.1 Å². The summed E-state index contributed by atoms with van der Waals surface area (Å²) in [5.41, 5.74) is 6.75. The molecule has 1 fully saturated rings. The van der Waals surface area contributed by atoms with Gasteiger partial charge in [0.05, 0.1) is 23.0 Å². The van der Waals surface area contributed by atoms with Crippen molar-refractivity contribution in [1.29, 1.82) is 5.26 Å². The number of carbonyl (C=O) groups excluding carboxylic acids is 1. The van der Waals surface area contributed by atoms with Gasteiger partial charge in [0.1, 0.15) is 5.82 Å². The van der Waals surface area contributed by atoms with Gasteiger partial charge in [0.15, 0.2) is 0 Å². The van der Waals surface area contributed by atoms with Crippen molar-refractivity contribution in [3.63, 3.8) is 0 Å². The summed E-state index contributed by atoms with van der Waals surface area (Å²) < 4.78 is 0. The van der Waals surface area contributed by atoms with Gasteiger partial charge >= 0.3 is 0 Å². The summed E-state index contributed by atoms with van der Waals surface area (Å²) in [4.78, 5) is 22.8. The van der Waals surface area contributed by atoms with Crippen LogP contribution in [0, 0.1) is 25.2 Å². The number of nitrogens with one attached hydrogen (secondary N) is 1. The molecule has 1 N–H and O–H groups in total. The van der Waals surface area contributed by atoms with Crippen LogP contribution in [0.1, 0.15) is 51.4 Å². The maximum atomic E-state index is 13.0. The second kappa shape index (κ2) is 7.56. The maximum absolute atomic E-state index is 13.0. The number of aromatic nitrogens is 2. The Hall–Kier alpha value is -3.39. The Morgan fingerprint density at radius 3 is 2.59 bits per heavy atom. The minimum atomic E-state index is 0.0606. The van der Waals surface area contributed by atoms with E-state index in [2.05, 4.69) is 29.9 Å². The highest BCUT2D eigenvalue weighted by atomic mass is 16.2. The molecule has 0 atom stereocenters. The van der Waals surface area contributed by atoms with Crippen LogP contribution in [0.25, 0.3) is 11.3 Å². The normalized spacial score (nSPS) is 13.8. The number of benzene rings is 2. The highest BCUT2D eigenvalue weighted by Crippen LogP contribution is 2.31. The number of hydrogen-bond acceptors (Lipinski definition) is 3. The fourth-order valence-corrected chi connectivity index (χ4v) is 3.91. The number of nitrogens with zero attached hydrogens (tertiary/aromatic N) is 3. The lowest BCUT2D eigenvalue weighted by molar-refractivity contribution is 0.0602. The molecule has 0 unspecified atom stereocenters. The van der Waals surface area contributed by atoms with E-state index in [-0.39, 0.29) is 5.91 Å². The van der Waals surface area contributed by atoms with Gasteiger partial charge in [-0.15, -0.1) is 0 Å². The maximum Gasteiger partial charge on any atom is 0.253 e. The molecule has 0 spiro atoms. The molecule has 4 rings (SSSR count). The van der Waals surface area contributed by atoms with E-state index in [9.17, 15) is 4.79 Å². The Morgan fingerprint density at radius 1 is 1.21 bits per heavy atom. The van der Waals surface area contributed by atoms with Crippen LogP contribution < -0.4 is 0 Å². The van der Waals surface area contributed by atoms with Crippen LogP contribution in [0.4, 0.5) is 0 Å². The molecule has 0 saturated carbocycles. The van der Waals surface area contributed by atoms with E-state index in [1.807, 2.05) is 54.3 Å². The van der Waals surface area contributed by atoms with Gasteiger partial charge in [-0.05, 0) is 55.7 Å². The van der Waals surface area contributed by atoms with Gasteiger partial charge in [-0.1, -0.05) is 25.1 Å². The van der Waals surface area contributed by atoms with Crippen LogP contribution in [-0.4, -0.2) is 33.9 Å². The molecular formula is C24H24N4O. The summed E-state index contributed by atoms with van der Waals surface area (Å²) >= 11 is 0. The number of aromatic amines is 1. The van der Waals surface area contributed by atoms with Gasteiger partial charge in [0.25, 0.3) is 5.91 Å². The van der Waals surface area contributed by atoms with Crippen molar-refractivity contribution < 1.29 is 4.79 Å². The Labute approximate surface area is 171 Å². The van der Waals surface area contributed by atoms with E-state index in [0.717, 1.165) is 34.8 Å². The van der Waals surface area contributed by atoms with Crippen LogP contribution in [0.2, 0.25) is 0 Å². The van der Waals surface area contributed by atoms with Crippen molar-refractivity contribution >= 4 is 5.91 Å². The number of nitriles is 1. The second-order valence-corrected chi connectivity index (χ2v) is 7.67. The zero-order chi connectivity index (χ0) is 20.5. The van der Waals surface area contributed by atoms with Crippen molar-refractivity contribution in [1.82, 2.24) is 14.9 Å². The van der Waals surface area contributed by atoms with Gasteiger partial charge in [-0.2, -0.15) is 5.26 Å². The zero-order valence-corrected chi connectivity index (χ0v) is 17.0. The predicted octanol–water partition coefficient (Wildman–Crippen LogP) is 4.37. The van der Waals surface area contributed by atoms with E-state index in [1.54, 1.807) is 0 Å². The summed E-state index contributed by atoms with van der Waals surface area (Å²) in [6, 6.07) is 15.7. The van der Waals surface area contributed by atoms with E-state index in [4.69, 9.17) is 5.26 Å². The van der Waals surface area contributed by atoms with Crippen molar-refractivity contribution in [3.8, 4) is 17.3 Å². The standard InChI is InChI=1S/C24H24N4O/c1-4-22-23(27-16(3)26-22)21-11-19(8-5-15(21)2)24(29)28-13-20(14-28)18-9-6-17(12-25)7-10-18/h5-11,20H,4,13-14H2,1-3H3,(H,26,27). The molecule has 1 aliphatic heterocycles. The molecule has 5 nitrogen and oxygen atoms in total. The van der Waals surface area contributed by atoms with Crippen LogP contribution in [0.3, 0.4) is 0 Å². The zero-order valence-electron chi connectivity index (χ0n) is 17.0. The Bertz CT molecular complexity index is 1100. The Kier molecular flexibility index (Phi) is 4.94. The summed E-state index contributed by atoms with van der Waals surface area (Å²) in [5, 5.41) is 8.93. The van der Waals surface area contributed by atoms with Gasteiger partial charge in [0, 0.05) is 30.1 Å². The molecule has 29 heavy (non-hydrogen) atoms. The third-order valence-electron chi connectivity index (χ3n) is 5.67. The fraction of sp³-hybridized carbons (Fsp3) is 0.292. The highest BCUT2D eigenvalue weighted by molar-refractivity contribution is 5.96. The summed E-state index contributed by atoms with van der Waals surface area (Å²) in [6.07, 6.45) is 0.843. The van der Waals surface area contributed by atoms with Crippen LogP contribution in [-0.2, 0) is 6.42 Å². The monoisotopic (exact) mass is 384 g/mol. The van der Waals surface area contributed by atoms with E-state index >= 15 is 0 Å². The Balaban J connectivity index is 1.52. The molecule has 146 valence electrons. The van der Waals surface area contributed by atoms with Gasteiger partial charge in [-0.3, -0.25) is 4.79 Å². The first kappa shape index (κ1) is 18.9. The molecule has 0 bridgehead atoms. The van der Waals surface area contributed by atoms with Gasteiger partial charge in [-0.25, -0.2) is 4.98 Å². The minimum Gasteiger partial charge on any atom is -0.342 e. The molecule has 1 saturated heterocycles. The smallest absolute Gasteiger partial charge is 0.253 e. The number of likely N-dealkylation sites (tertiary alicyclic amines) is 1. The molecule has 2 aromatic carbocycles. The molecular weight excluding hydrogens is 360 g/mol. The van der Waals surface area contributed by atoms with Crippen LogP contribution in [0.15, 0.2) is 42.5 Å². The third-order valence-corrected chi connectivity index (χ3v) is 5.67. The molecule has 1 aliphatic rings. The number of imidazole rings is 1. The average Bonchev–Trinajstić information content (AvgIpc) is 3.08.